The van der Waals surface area contributed by atoms with Crippen molar-refractivity contribution in [1.82, 2.24) is 5.32 Å². The van der Waals surface area contributed by atoms with E-state index in [1.165, 1.54) is 43.6 Å². The lowest BCUT2D eigenvalue weighted by molar-refractivity contribution is 0.361. The molecule has 0 spiro atoms. The van der Waals surface area contributed by atoms with Crippen LogP contribution in [-0.4, -0.2) is 19.6 Å². The fourth-order valence-electron chi connectivity index (χ4n) is 2.87. The van der Waals surface area contributed by atoms with Gasteiger partial charge in [0.1, 0.15) is 0 Å². The highest BCUT2D eigenvalue weighted by Crippen LogP contribution is 2.29. The van der Waals surface area contributed by atoms with Crippen LogP contribution < -0.4 is 10.6 Å². The molecule has 2 rings (SSSR count). The van der Waals surface area contributed by atoms with Crippen LogP contribution in [0.2, 0.25) is 0 Å². The number of hydrogen-bond donors (Lipinski definition) is 2. The van der Waals surface area contributed by atoms with E-state index < -0.39 is 0 Å². The quantitative estimate of drug-likeness (QED) is 0.861. The highest BCUT2D eigenvalue weighted by Gasteiger charge is 2.17. The van der Waals surface area contributed by atoms with E-state index in [-0.39, 0.29) is 5.41 Å². The molecule has 1 aliphatic rings. The molecule has 0 atom stereocenters. The van der Waals surface area contributed by atoms with E-state index in [0.717, 1.165) is 12.5 Å². The lowest BCUT2D eigenvalue weighted by Gasteiger charge is -2.25. The summed E-state index contributed by atoms with van der Waals surface area (Å²) in [5, 5.41) is 7.08. The maximum Gasteiger partial charge on any atom is 0.0378 e. The summed E-state index contributed by atoms with van der Waals surface area (Å²) < 4.78 is 0. The first-order valence-corrected chi connectivity index (χ1v) is 7.61. The van der Waals surface area contributed by atoms with E-state index in [4.69, 9.17) is 0 Å². The standard InChI is InChI=1S/C17H28N2/c1-17(2,3)15-6-4-5-7-16(15)19-13-10-14-8-11-18-12-9-14/h4-7,14,18-19H,8-13H2,1-3H3. The van der Waals surface area contributed by atoms with Crippen LogP contribution in [0.4, 0.5) is 5.69 Å². The second kappa shape index (κ2) is 6.42. The molecular formula is C17H28N2. The number of hydrogen-bond acceptors (Lipinski definition) is 2. The Morgan fingerprint density at radius 3 is 2.53 bits per heavy atom. The van der Waals surface area contributed by atoms with Crippen molar-refractivity contribution in [2.24, 2.45) is 5.92 Å². The second-order valence-electron chi connectivity index (χ2n) is 6.70. The molecule has 2 nitrogen and oxygen atoms in total. The van der Waals surface area contributed by atoms with E-state index in [1.807, 2.05) is 0 Å². The summed E-state index contributed by atoms with van der Waals surface area (Å²) in [6.07, 6.45) is 3.96. The van der Waals surface area contributed by atoms with Gasteiger partial charge in [-0.15, -0.1) is 0 Å². The van der Waals surface area contributed by atoms with Gasteiger partial charge in [-0.1, -0.05) is 39.0 Å². The van der Waals surface area contributed by atoms with Crippen LogP contribution in [-0.2, 0) is 5.41 Å². The molecule has 1 heterocycles. The normalized spacial score (nSPS) is 17.4. The zero-order chi connectivity index (χ0) is 13.7. The summed E-state index contributed by atoms with van der Waals surface area (Å²) >= 11 is 0. The summed E-state index contributed by atoms with van der Waals surface area (Å²) in [6, 6.07) is 8.72. The molecule has 19 heavy (non-hydrogen) atoms. The van der Waals surface area contributed by atoms with E-state index in [1.54, 1.807) is 0 Å². The number of nitrogens with one attached hydrogen (secondary N) is 2. The molecule has 2 heteroatoms. The molecule has 1 aromatic carbocycles. The van der Waals surface area contributed by atoms with Gasteiger partial charge in [-0.2, -0.15) is 0 Å². The molecule has 106 valence electrons. The van der Waals surface area contributed by atoms with Gasteiger partial charge in [0, 0.05) is 12.2 Å². The van der Waals surface area contributed by atoms with Crippen molar-refractivity contribution in [3.05, 3.63) is 29.8 Å². The lowest BCUT2D eigenvalue weighted by atomic mass is 9.85. The van der Waals surface area contributed by atoms with Crippen LogP contribution >= 0.6 is 0 Å². The average Bonchev–Trinajstić information content (AvgIpc) is 2.39. The van der Waals surface area contributed by atoms with Crippen LogP contribution in [0.3, 0.4) is 0 Å². The number of benzene rings is 1. The molecule has 0 radical (unpaired) electrons. The Balaban J connectivity index is 1.88. The summed E-state index contributed by atoms with van der Waals surface area (Å²) in [5.74, 6) is 0.899. The van der Waals surface area contributed by atoms with Gasteiger partial charge >= 0.3 is 0 Å². The van der Waals surface area contributed by atoms with Crippen molar-refractivity contribution in [2.75, 3.05) is 25.0 Å². The number of piperidine rings is 1. The van der Waals surface area contributed by atoms with E-state index in [0.29, 0.717) is 0 Å². The molecule has 0 saturated carbocycles. The Kier molecular flexibility index (Phi) is 4.87. The zero-order valence-electron chi connectivity index (χ0n) is 12.6. The van der Waals surface area contributed by atoms with Crippen LogP contribution in [0.1, 0.15) is 45.6 Å². The Morgan fingerprint density at radius 2 is 1.84 bits per heavy atom. The van der Waals surface area contributed by atoms with E-state index >= 15 is 0 Å². The van der Waals surface area contributed by atoms with Crippen molar-refractivity contribution >= 4 is 5.69 Å². The molecule has 0 unspecified atom stereocenters. The number of para-hydroxylation sites is 1. The highest BCUT2D eigenvalue weighted by molar-refractivity contribution is 5.54. The third-order valence-electron chi connectivity index (χ3n) is 4.06. The third kappa shape index (κ3) is 4.24. The fraction of sp³-hybridized carbons (Fsp3) is 0.647. The Bertz CT molecular complexity index is 386. The van der Waals surface area contributed by atoms with Gasteiger partial charge in [0.05, 0.1) is 0 Å². The van der Waals surface area contributed by atoms with Crippen LogP contribution in [0, 0.1) is 5.92 Å². The van der Waals surface area contributed by atoms with Gasteiger partial charge in [0.2, 0.25) is 0 Å². The predicted molar refractivity (Wildman–Crippen MR) is 83.8 cm³/mol. The predicted octanol–water partition coefficient (Wildman–Crippen LogP) is 3.79. The van der Waals surface area contributed by atoms with Crippen molar-refractivity contribution in [1.29, 1.82) is 0 Å². The molecule has 0 aliphatic carbocycles. The van der Waals surface area contributed by atoms with E-state index in [2.05, 4.69) is 55.7 Å². The summed E-state index contributed by atoms with van der Waals surface area (Å²) in [6.45, 7) is 10.3. The minimum Gasteiger partial charge on any atom is -0.385 e. The summed E-state index contributed by atoms with van der Waals surface area (Å²) in [5.41, 5.74) is 2.93. The molecule has 1 saturated heterocycles. The minimum absolute atomic E-state index is 0.207. The third-order valence-corrected chi connectivity index (χ3v) is 4.06. The van der Waals surface area contributed by atoms with Gasteiger partial charge in [0.15, 0.2) is 0 Å². The maximum atomic E-state index is 3.65. The SMILES string of the molecule is CC(C)(C)c1ccccc1NCCC1CCNCC1. The molecule has 0 bridgehead atoms. The first kappa shape index (κ1) is 14.4. The fourth-order valence-corrected chi connectivity index (χ4v) is 2.87. The van der Waals surface area contributed by atoms with Gasteiger partial charge in [-0.05, 0) is 55.3 Å². The van der Waals surface area contributed by atoms with E-state index in [9.17, 15) is 0 Å². The molecule has 1 aromatic rings. The van der Waals surface area contributed by atoms with Crippen molar-refractivity contribution < 1.29 is 0 Å². The van der Waals surface area contributed by atoms with Crippen LogP contribution in [0.5, 0.6) is 0 Å². The number of anilines is 1. The Morgan fingerprint density at radius 1 is 1.16 bits per heavy atom. The molecule has 2 N–H and O–H groups in total. The average molecular weight is 260 g/mol. The minimum atomic E-state index is 0.207. The van der Waals surface area contributed by atoms with Crippen LogP contribution in [0.15, 0.2) is 24.3 Å². The van der Waals surface area contributed by atoms with Crippen molar-refractivity contribution in [3.63, 3.8) is 0 Å². The zero-order valence-corrected chi connectivity index (χ0v) is 12.6. The maximum absolute atomic E-state index is 3.65. The smallest absolute Gasteiger partial charge is 0.0378 e. The first-order chi connectivity index (χ1) is 9.07. The van der Waals surface area contributed by atoms with Crippen molar-refractivity contribution in [2.45, 2.75) is 45.4 Å². The Labute approximate surface area is 118 Å². The highest BCUT2D eigenvalue weighted by atomic mass is 14.9. The van der Waals surface area contributed by atoms with Gasteiger partial charge in [0.25, 0.3) is 0 Å². The molecule has 1 fully saturated rings. The lowest BCUT2D eigenvalue weighted by Crippen LogP contribution is -2.28. The second-order valence-corrected chi connectivity index (χ2v) is 6.70. The molecule has 0 amide bonds. The Hall–Kier alpha value is -1.02. The summed E-state index contributed by atoms with van der Waals surface area (Å²) in [4.78, 5) is 0. The first-order valence-electron chi connectivity index (χ1n) is 7.61. The van der Waals surface area contributed by atoms with Crippen LogP contribution in [0.25, 0.3) is 0 Å². The topological polar surface area (TPSA) is 24.1 Å². The van der Waals surface area contributed by atoms with Gasteiger partial charge < -0.3 is 10.6 Å². The monoisotopic (exact) mass is 260 g/mol. The van der Waals surface area contributed by atoms with Gasteiger partial charge in [-0.3, -0.25) is 0 Å². The molecule has 1 aliphatic heterocycles. The number of rotatable bonds is 4. The molecular weight excluding hydrogens is 232 g/mol. The largest absolute Gasteiger partial charge is 0.385 e. The van der Waals surface area contributed by atoms with Gasteiger partial charge in [-0.25, -0.2) is 0 Å². The molecule has 0 aromatic heterocycles. The van der Waals surface area contributed by atoms with Crippen molar-refractivity contribution in [3.8, 4) is 0 Å². The summed E-state index contributed by atoms with van der Waals surface area (Å²) in [7, 11) is 0.